The summed E-state index contributed by atoms with van der Waals surface area (Å²) in [6.07, 6.45) is 0. The summed E-state index contributed by atoms with van der Waals surface area (Å²) in [4.78, 5) is 46.4. The number of ether oxygens (including phenoxy) is 2. The fraction of sp³-hybridized carbons (Fsp3) is 0.444. The Kier molecular flexibility index (Phi) is 6.01. The van der Waals surface area contributed by atoms with Crippen molar-refractivity contribution in [3.05, 3.63) is 65.2 Å². The lowest BCUT2D eigenvalue weighted by Gasteiger charge is -2.62. The van der Waals surface area contributed by atoms with E-state index in [2.05, 4.69) is 0 Å². The Morgan fingerprint density at radius 2 is 1.66 bits per heavy atom. The van der Waals surface area contributed by atoms with Crippen molar-refractivity contribution in [3.8, 4) is 5.75 Å². The average Bonchev–Trinajstić information content (AvgIpc) is 2.86. The van der Waals surface area contributed by atoms with E-state index in [1.807, 2.05) is 41.8 Å². The predicted octanol–water partition coefficient (Wildman–Crippen LogP) is 2.40. The van der Waals surface area contributed by atoms with Crippen molar-refractivity contribution in [2.45, 2.75) is 31.3 Å². The summed E-state index contributed by atoms with van der Waals surface area (Å²) in [5.41, 5.74) is 1.08. The third kappa shape index (κ3) is 3.76. The summed E-state index contributed by atoms with van der Waals surface area (Å²) in [5, 5.41) is 0. The number of carbonyl (C=O) groups excluding carboxylic acids is 3. The fourth-order valence-corrected chi connectivity index (χ4v) is 5.79. The number of fused-ring (bicyclic) bond motifs is 1. The molecule has 3 aliphatic rings. The van der Waals surface area contributed by atoms with Gasteiger partial charge in [-0.3, -0.25) is 14.4 Å². The lowest BCUT2D eigenvalue weighted by molar-refractivity contribution is -0.146. The summed E-state index contributed by atoms with van der Waals surface area (Å²) in [6, 6.07) is 14.3. The summed E-state index contributed by atoms with van der Waals surface area (Å²) in [7, 11) is 1.58. The first-order valence-corrected chi connectivity index (χ1v) is 12.1. The number of amides is 3. The van der Waals surface area contributed by atoms with Crippen LogP contribution in [0.3, 0.4) is 0 Å². The standard InChI is InChI=1S/C27H31N3O5/c1-18(2)30-25(32)22-7-5-4-6-21(22)23(26(33)28-12-14-35-15-13-28)27(30)16-29(17-27)24(31)19-8-10-20(34-3)11-9-19/h4-11,18,23H,12-17H2,1-3H3. The van der Waals surface area contributed by atoms with Crippen LogP contribution in [0.5, 0.6) is 5.75 Å². The Bertz CT molecular complexity index is 1130. The molecule has 1 spiro atoms. The molecule has 8 heteroatoms. The first-order valence-electron chi connectivity index (χ1n) is 12.1. The Hall–Kier alpha value is -3.39. The third-order valence-corrected chi connectivity index (χ3v) is 7.38. The van der Waals surface area contributed by atoms with Crippen molar-refractivity contribution in [1.29, 1.82) is 0 Å². The van der Waals surface area contributed by atoms with Gasteiger partial charge in [-0.2, -0.15) is 0 Å². The van der Waals surface area contributed by atoms with Crippen molar-refractivity contribution in [1.82, 2.24) is 14.7 Å². The monoisotopic (exact) mass is 477 g/mol. The van der Waals surface area contributed by atoms with Gasteiger partial charge in [0.05, 0.1) is 31.8 Å². The average molecular weight is 478 g/mol. The van der Waals surface area contributed by atoms with Crippen LogP contribution < -0.4 is 4.74 Å². The summed E-state index contributed by atoms with van der Waals surface area (Å²) in [5.74, 6) is -0.0745. The Morgan fingerprint density at radius 3 is 2.29 bits per heavy atom. The van der Waals surface area contributed by atoms with Gasteiger partial charge in [-0.25, -0.2) is 0 Å². The minimum Gasteiger partial charge on any atom is -0.497 e. The summed E-state index contributed by atoms with van der Waals surface area (Å²) >= 11 is 0. The topological polar surface area (TPSA) is 79.4 Å². The van der Waals surface area contributed by atoms with Crippen LogP contribution in [0.15, 0.2) is 48.5 Å². The molecule has 0 saturated carbocycles. The third-order valence-electron chi connectivity index (χ3n) is 7.38. The van der Waals surface area contributed by atoms with Gasteiger partial charge in [0.25, 0.3) is 11.8 Å². The zero-order chi connectivity index (χ0) is 24.7. The van der Waals surface area contributed by atoms with E-state index < -0.39 is 11.5 Å². The van der Waals surface area contributed by atoms with Gasteiger partial charge >= 0.3 is 0 Å². The quantitative estimate of drug-likeness (QED) is 0.676. The molecule has 3 amide bonds. The van der Waals surface area contributed by atoms with Gasteiger partial charge in [0.15, 0.2) is 0 Å². The molecule has 8 nitrogen and oxygen atoms in total. The minimum atomic E-state index is -0.795. The van der Waals surface area contributed by atoms with Crippen LogP contribution >= 0.6 is 0 Å². The number of hydrogen-bond acceptors (Lipinski definition) is 5. The maximum atomic E-state index is 14.0. The fourth-order valence-electron chi connectivity index (χ4n) is 5.79. The van der Waals surface area contributed by atoms with Crippen LogP contribution in [0.25, 0.3) is 0 Å². The molecule has 2 aromatic rings. The van der Waals surface area contributed by atoms with Gasteiger partial charge in [0.2, 0.25) is 5.91 Å². The van der Waals surface area contributed by atoms with Gasteiger partial charge in [0.1, 0.15) is 5.75 Å². The second-order valence-electron chi connectivity index (χ2n) is 9.72. The number of carbonyl (C=O) groups is 3. The highest BCUT2D eigenvalue weighted by atomic mass is 16.5. The Balaban J connectivity index is 1.52. The zero-order valence-electron chi connectivity index (χ0n) is 20.4. The number of nitrogens with zero attached hydrogens (tertiary/aromatic N) is 3. The normalized spacial score (nSPS) is 21.1. The van der Waals surface area contributed by atoms with Crippen LogP contribution in [-0.4, -0.2) is 90.5 Å². The van der Waals surface area contributed by atoms with Crippen molar-refractivity contribution in [2.24, 2.45) is 0 Å². The highest BCUT2D eigenvalue weighted by molar-refractivity contribution is 6.03. The molecule has 3 aliphatic heterocycles. The van der Waals surface area contributed by atoms with Crippen molar-refractivity contribution < 1.29 is 23.9 Å². The van der Waals surface area contributed by atoms with E-state index in [1.54, 1.807) is 42.3 Å². The molecule has 1 atom stereocenters. The molecule has 5 rings (SSSR count). The van der Waals surface area contributed by atoms with E-state index in [-0.39, 0.29) is 23.8 Å². The molecule has 0 aromatic heterocycles. The van der Waals surface area contributed by atoms with Gasteiger partial charge in [-0.05, 0) is 49.7 Å². The maximum Gasteiger partial charge on any atom is 0.255 e. The van der Waals surface area contributed by atoms with E-state index in [0.29, 0.717) is 56.3 Å². The summed E-state index contributed by atoms with van der Waals surface area (Å²) in [6.45, 7) is 6.60. The molecule has 2 fully saturated rings. The largest absolute Gasteiger partial charge is 0.497 e. The van der Waals surface area contributed by atoms with Crippen molar-refractivity contribution in [2.75, 3.05) is 46.5 Å². The minimum absolute atomic E-state index is 0.00422. The lowest BCUT2D eigenvalue weighted by Crippen LogP contribution is -2.78. The van der Waals surface area contributed by atoms with E-state index >= 15 is 0 Å². The van der Waals surface area contributed by atoms with E-state index in [0.717, 1.165) is 5.56 Å². The molecule has 0 N–H and O–H groups in total. The highest BCUT2D eigenvalue weighted by Gasteiger charge is 2.62. The molecule has 1 unspecified atom stereocenters. The Labute approximate surface area is 205 Å². The highest BCUT2D eigenvalue weighted by Crippen LogP contribution is 2.48. The number of morpholine rings is 1. The van der Waals surface area contributed by atoms with Crippen LogP contribution in [0.4, 0.5) is 0 Å². The SMILES string of the molecule is COc1ccc(C(=O)N2CC3(C2)C(C(=O)N2CCOCC2)c2ccccc2C(=O)N3C(C)C)cc1. The van der Waals surface area contributed by atoms with E-state index in [1.165, 1.54) is 0 Å². The molecule has 0 radical (unpaired) electrons. The first kappa shape index (κ1) is 23.4. The molecule has 2 aromatic carbocycles. The Morgan fingerprint density at radius 1 is 1.00 bits per heavy atom. The first-order chi connectivity index (χ1) is 16.9. The molecular formula is C27H31N3O5. The predicted molar refractivity (Wildman–Crippen MR) is 130 cm³/mol. The van der Waals surface area contributed by atoms with E-state index in [9.17, 15) is 14.4 Å². The molecule has 3 heterocycles. The smallest absolute Gasteiger partial charge is 0.255 e. The second kappa shape index (κ2) is 9.00. The lowest BCUT2D eigenvalue weighted by atomic mass is 9.67. The van der Waals surface area contributed by atoms with Gasteiger partial charge in [-0.15, -0.1) is 0 Å². The number of likely N-dealkylation sites (tertiary alicyclic amines) is 1. The molecule has 0 bridgehead atoms. The number of benzene rings is 2. The van der Waals surface area contributed by atoms with Crippen LogP contribution in [0, 0.1) is 0 Å². The van der Waals surface area contributed by atoms with Crippen LogP contribution in [0.2, 0.25) is 0 Å². The maximum absolute atomic E-state index is 14.0. The molecular weight excluding hydrogens is 446 g/mol. The molecule has 0 aliphatic carbocycles. The summed E-state index contributed by atoms with van der Waals surface area (Å²) < 4.78 is 10.7. The molecule has 35 heavy (non-hydrogen) atoms. The zero-order valence-corrected chi connectivity index (χ0v) is 20.4. The van der Waals surface area contributed by atoms with Crippen molar-refractivity contribution >= 4 is 17.7 Å². The number of rotatable bonds is 4. The number of hydrogen-bond donors (Lipinski definition) is 0. The second-order valence-corrected chi connectivity index (χ2v) is 9.72. The van der Waals surface area contributed by atoms with Gasteiger partial charge in [0, 0.05) is 43.3 Å². The van der Waals surface area contributed by atoms with Crippen LogP contribution in [0.1, 0.15) is 46.0 Å². The molecule has 184 valence electrons. The van der Waals surface area contributed by atoms with Gasteiger partial charge < -0.3 is 24.2 Å². The molecule has 2 saturated heterocycles. The van der Waals surface area contributed by atoms with E-state index in [4.69, 9.17) is 9.47 Å². The number of methoxy groups -OCH3 is 1. The van der Waals surface area contributed by atoms with Crippen molar-refractivity contribution in [3.63, 3.8) is 0 Å². The van der Waals surface area contributed by atoms with Gasteiger partial charge in [-0.1, -0.05) is 18.2 Å². The van der Waals surface area contributed by atoms with Crippen LogP contribution in [-0.2, 0) is 9.53 Å².